The minimum Gasteiger partial charge on any atom is -0.342 e. The summed E-state index contributed by atoms with van der Waals surface area (Å²) in [6.07, 6.45) is 3.35. The number of rotatable bonds is 3. The molecule has 0 spiro atoms. The van der Waals surface area contributed by atoms with E-state index in [2.05, 4.69) is 33.0 Å². The number of nitrogens with zero attached hydrogens (tertiary/aromatic N) is 3. The molecule has 1 aromatic heterocycles. The van der Waals surface area contributed by atoms with Crippen LogP contribution in [0.25, 0.3) is 0 Å². The van der Waals surface area contributed by atoms with Gasteiger partial charge in [-0.05, 0) is 32.9 Å². The van der Waals surface area contributed by atoms with Gasteiger partial charge in [0.15, 0.2) is 0 Å². The molecule has 1 unspecified atom stereocenters. The summed E-state index contributed by atoms with van der Waals surface area (Å²) in [5.41, 5.74) is 1.10. The van der Waals surface area contributed by atoms with Crippen LogP contribution in [0.4, 0.5) is 5.95 Å². The van der Waals surface area contributed by atoms with E-state index in [0.717, 1.165) is 37.2 Å². The SMILES string of the molecule is CNCC1CCN(c2nc(C)cn2C)C1. The Morgan fingerprint density at radius 2 is 2.40 bits per heavy atom. The molecule has 84 valence electrons. The van der Waals surface area contributed by atoms with Crippen molar-refractivity contribution in [3.8, 4) is 0 Å². The molecule has 1 aliphatic rings. The minimum atomic E-state index is 0.770. The van der Waals surface area contributed by atoms with E-state index in [4.69, 9.17) is 0 Å². The van der Waals surface area contributed by atoms with E-state index >= 15 is 0 Å². The summed E-state index contributed by atoms with van der Waals surface area (Å²) in [6, 6.07) is 0. The second-order valence-electron chi connectivity index (χ2n) is 4.45. The molecule has 0 amide bonds. The molecule has 1 aromatic rings. The van der Waals surface area contributed by atoms with Crippen LogP contribution >= 0.6 is 0 Å². The van der Waals surface area contributed by atoms with Crippen molar-refractivity contribution in [3.63, 3.8) is 0 Å². The summed E-state index contributed by atoms with van der Waals surface area (Å²) >= 11 is 0. The summed E-state index contributed by atoms with van der Waals surface area (Å²) in [5.74, 6) is 1.89. The Kier molecular flexibility index (Phi) is 2.95. The van der Waals surface area contributed by atoms with Gasteiger partial charge < -0.3 is 14.8 Å². The lowest BCUT2D eigenvalue weighted by Gasteiger charge is -2.17. The predicted molar refractivity (Wildman–Crippen MR) is 62.2 cm³/mol. The molecule has 0 bridgehead atoms. The lowest BCUT2D eigenvalue weighted by atomic mass is 10.1. The molecule has 4 heteroatoms. The van der Waals surface area contributed by atoms with Crippen LogP contribution in [0.1, 0.15) is 12.1 Å². The third-order valence-corrected chi connectivity index (χ3v) is 3.03. The maximum atomic E-state index is 4.56. The van der Waals surface area contributed by atoms with Gasteiger partial charge in [0.1, 0.15) is 0 Å². The van der Waals surface area contributed by atoms with Crippen LogP contribution in [-0.2, 0) is 7.05 Å². The number of hydrogen-bond donors (Lipinski definition) is 1. The lowest BCUT2D eigenvalue weighted by molar-refractivity contribution is 0.548. The largest absolute Gasteiger partial charge is 0.342 e. The van der Waals surface area contributed by atoms with Crippen molar-refractivity contribution in [2.45, 2.75) is 13.3 Å². The highest BCUT2D eigenvalue weighted by Gasteiger charge is 2.24. The molecule has 1 fully saturated rings. The normalized spacial score (nSPS) is 21.3. The molecular weight excluding hydrogens is 188 g/mol. The fourth-order valence-electron chi connectivity index (χ4n) is 2.37. The molecular formula is C11H20N4. The molecule has 15 heavy (non-hydrogen) atoms. The second-order valence-corrected chi connectivity index (χ2v) is 4.45. The van der Waals surface area contributed by atoms with Crippen molar-refractivity contribution >= 4 is 5.95 Å². The van der Waals surface area contributed by atoms with Crippen molar-refractivity contribution < 1.29 is 0 Å². The van der Waals surface area contributed by atoms with E-state index in [1.165, 1.54) is 6.42 Å². The Balaban J connectivity index is 2.04. The maximum absolute atomic E-state index is 4.56. The van der Waals surface area contributed by atoms with E-state index in [0.29, 0.717) is 0 Å². The summed E-state index contributed by atoms with van der Waals surface area (Å²) in [7, 11) is 4.09. The van der Waals surface area contributed by atoms with Crippen molar-refractivity contribution in [1.29, 1.82) is 0 Å². The van der Waals surface area contributed by atoms with Gasteiger partial charge in [0, 0.05) is 26.3 Å². The van der Waals surface area contributed by atoms with Gasteiger partial charge in [0.25, 0.3) is 0 Å². The Hall–Kier alpha value is -1.03. The molecule has 1 saturated heterocycles. The number of imidazole rings is 1. The van der Waals surface area contributed by atoms with Gasteiger partial charge in [-0.1, -0.05) is 0 Å². The molecule has 0 saturated carbocycles. The first-order valence-corrected chi connectivity index (χ1v) is 5.60. The zero-order valence-electron chi connectivity index (χ0n) is 9.82. The van der Waals surface area contributed by atoms with Crippen molar-refractivity contribution in [3.05, 3.63) is 11.9 Å². The highest BCUT2D eigenvalue weighted by Crippen LogP contribution is 2.22. The van der Waals surface area contributed by atoms with Gasteiger partial charge in [0.2, 0.25) is 5.95 Å². The van der Waals surface area contributed by atoms with Gasteiger partial charge in [-0.25, -0.2) is 4.98 Å². The monoisotopic (exact) mass is 208 g/mol. The molecule has 0 radical (unpaired) electrons. The molecule has 2 rings (SSSR count). The van der Waals surface area contributed by atoms with E-state index in [1.807, 2.05) is 14.0 Å². The third-order valence-electron chi connectivity index (χ3n) is 3.03. The number of aromatic nitrogens is 2. The summed E-state index contributed by atoms with van der Waals surface area (Å²) < 4.78 is 2.12. The van der Waals surface area contributed by atoms with Crippen molar-refractivity contribution in [2.24, 2.45) is 13.0 Å². The van der Waals surface area contributed by atoms with Crippen LogP contribution in [0.3, 0.4) is 0 Å². The summed E-state index contributed by atoms with van der Waals surface area (Å²) in [6.45, 7) is 5.42. The highest BCUT2D eigenvalue weighted by molar-refractivity contribution is 5.34. The topological polar surface area (TPSA) is 33.1 Å². The molecule has 1 atom stereocenters. The number of aryl methyl sites for hydroxylation is 2. The number of hydrogen-bond acceptors (Lipinski definition) is 3. The van der Waals surface area contributed by atoms with Gasteiger partial charge in [-0.3, -0.25) is 0 Å². The van der Waals surface area contributed by atoms with E-state index in [-0.39, 0.29) is 0 Å². The Bertz CT molecular complexity index is 331. The van der Waals surface area contributed by atoms with Crippen LogP contribution in [0.5, 0.6) is 0 Å². The van der Waals surface area contributed by atoms with Crippen LogP contribution in [0.15, 0.2) is 6.20 Å². The first-order chi connectivity index (χ1) is 7.20. The number of anilines is 1. The fourth-order valence-corrected chi connectivity index (χ4v) is 2.37. The molecule has 1 N–H and O–H groups in total. The average molecular weight is 208 g/mol. The average Bonchev–Trinajstić information content (AvgIpc) is 2.73. The Morgan fingerprint density at radius 1 is 1.60 bits per heavy atom. The highest BCUT2D eigenvalue weighted by atomic mass is 15.3. The minimum absolute atomic E-state index is 0.770. The molecule has 2 heterocycles. The summed E-state index contributed by atoms with van der Waals surface area (Å²) in [5, 5.41) is 3.25. The van der Waals surface area contributed by atoms with Gasteiger partial charge in [-0.15, -0.1) is 0 Å². The quantitative estimate of drug-likeness (QED) is 0.796. The zero-order valence-corrected chi connectivity index (χ0v) is 9.82. The fraction of sp³-hybridized carbons (Fsp3) is 0.727. The molecule has 4 nitrogen and oxygen atoms in total. The predicted octanol–water partition coefficient (Wildman–Crippen LogP) is 0.774. The molecule has 1 aliphatic heterocycles. The zero-order chi connectivity index (χ0) is 10.8. The molecule has 0 aliphatic carbocycles. The standard InChI is InChI=1S/C11H20N4/c1-9-7-14(3)11(13-9)15-5-4-10(8-15)6-12-2/h7,10,12H,4-6,8H2,1-3H3. The van der Waals surface area contributed by atoms with Crippen LogP contribution in [0, 0.1) is 12.8 Å². The smallest absolute Gasteiger partial charge is 0.205 e. The van der Waals surface area contributed by atoms with Crippen LogP contribution in [-0.4, -0.2) is 36.2 Å². The van der Waals surface area contributed by atoms with Gasteiger partial charge in [0.05, 0.1) is 5.69 Å². The molecule has 0 aromatic carbocycles. The van der Waals surface area contributed by atoms with E-state index in [9.17, 15) is 0 Å². The summed E-state index contributed by atoms with van der Waals surface area (Å²) in [4.78, 5) is 6.94. The second kappa shape index (κ2) is 4.23. The Morgan fingerprint density at radius 3 is 3.00 bits per heavy atom. The van der Waals surface area contributed by atoms with Crippen LogP contribution < -0.4 is 10.2 Å². The van der Waals surface area contributed by atoms with Gasteiger partial charge in [-0.2, -0.15) is 0 Å². The first kappa shape index (κ1) is 10.5. The maximum Gasteiger partial charge on any atom is 0.205 e. The first-order valence-electron chi connectivity index (χ1n) is 5.60. The lowest BCUT2D eigenvalue weighted by Crippen LogP contribution is -2.26. The van der Waals surface area contributed by atoms with Crippen molar-refractivity contribution in [2.75, 3.05) is 31.6 Å². The van der Waals surface area contributed by atoms with Gasteiger partial charge >= 0.3 is 0 Å². The Labute approximate surface area is 91.3 Å². The van der Waals surface area contributed by atoms with Crippen molar-refractivity contribution in [1.82, 2.24) is 14.9 Å². The van der Waals surface area contributed by atoms with E-state index in [1.54, 1.807) is 0 Å². The number of nitrogens with one attached hydrogen (secondary N) is 1. The van der Waals surface area contributed by atoms with Crippen LogP contribution in [0.2, 0.25) is 0 Å². The van der Waals surface area contributed by atoms with E-state index < -0.39 is 0 Å². The third kappa shape index (κ3) is 2.15.